The van der Waals surface area contributed by atoms with Crippen molar-refractivity contribution in [2.75, 3.05) is 5.32 Å². The smallest absolute Gasteiger partial charge is 0.259 e. The Labute approximate surface area is 125 Å². The molecule has 0 bridgehead atoms. The summed E-state index contributed by atoms with van der Waals surface area (Å²) in [6.07, 6.45) is 3.54. The third-order valence-electron chi connectivity index (χ3n) is 3.57. The molecule has 0 aliphatic rings. The SMILES string of the molecule is CCc1ccc(NC(=O)c2cnc(C)nc2C)cc1CC. The van der Waals surface area contributed by atoms with Crippen LogP contribution >= 0.6 is 0 Å². The molecule has 1 aromatic heterocycles. The molecule has 1 N–H and O–H groups in total. The first-order valence-electron chi connectivity index (χ1n) is 7.28. The van der Waals surface area contributed by atoms with Gasteiger partial charge in [0.2, 0.25) is 0 Å². The zero-order valence-corrected chi connectivity index (χ0v) is 13.0. The van der Waals surface area contributed by atoms with E-state index in [9.17, 15) is 4.79 Å². The van der Waals surface area contributed by atoms with Crippen molar-refractivity contribution in [3.63, 3.8) is 0 Å². The molecule has 0 aliphatic carbocycles. The lowest BCUT2D eigenvalue weighted by molar-refractivity contribution is 0.102. The highest BCUT2D eigenvalue weighted by molar-refractivity contribution is 6.04. The Bertz CT molecular complexity index is 665. The number of nitrogens with one attached hydrogen (secondary N) is 1. The predicted molar refractivity (Wildman–Crippen MR) is 84.7 cm³/mol. The van der Waals surface area contributed by atoms with E-state index in [0.29, 0.717) is 17.1 Å². The van der Waals surface area contributed by atoms with Crippen LogP contribution < -0.4 is 5.32 Å². The Morgan fingerprint density at radius 3 is 2.48 bits per heavy atom. The highest BCUT2D eigenvalue weighted by Gasteiger charge is 2.12. The van der Waals surface area contributed by atoms with Crippen molar-refractivity contribution < 1.29 is 4.79 Å². The van der Waals surface area contributed by atoms with Gasteiger partial charge in [0.1, 0.15) is 5.82 Å². The van der Waals surface area contributed by atoms with E-state index in [1.54, 1.807) is 6.20 Å². The molecule has 0 radical (unpaired) electrons. The zero-order chi connectivity index (χ0) is 15.4. The number of aromatic nitrogens is 2. The Hall–Kier alpha value is -2.23. The van der Waals surface area contributed by atoms with Crippen LogP contribution in [-0.4, -0.2) is 15.9 Å². The minimum Gasteiger partial charge on any atom is -0.322 e. The van der Waals surface area contributed by atoms with E-state index >= 15 is 0 Å². The number of carbonyl (C=O) groups excluding carboxylic acids is 1. The van der Waals surface area contributed by atoms with Crippen molar-refractivity contribution in [3.05, 3.63) is 52.6 Å². The number of hydrogen-bond donors (Lipinski definition) is 1. The van der Waals surface area contributed by atoms with E-state index in [4.69, 9.17) is 0 Å². The highest BCUT2D eigenvalue weighted by Crippen LogP contribution is 2.18. The van der Waals surface area contributed by atoms with Gasteiger partial charge in [0.15, 0.2) is 0 Å². The number of benzene rings is 1. The van der Waals surface area contributed by atoms with Gasteiger partial charge in [0.05, 0.1) is 11.3 Å². The van der Waals surface area contributed by atoms with Crippen LogP contribution in [0.25, 0.3) is 0 Å². The van der Waals surface area contributed by atoms with Crippen LogP contribution in [0.5, 0.6) is 0 Å². The van der Waals surface area contributed by atoms with Crippen molar-refractivity contribution in [2.24, 2.45) is 0 Å². The second-order valence-electron chi connectivity index (χ2n) is 5.06. The predicted octanol–water partition coefficient (Wildman–Crippen LogP) is 3.47. The standard InChI is InChI=1S/C17H21N3O/c1-5-13-7-8-15(9-14(13)6-2)20-17(21)16-10-18-12(4)19-11(16)3/h7-10H,5-6H2,1-4H3,(H,20,21). The van der Waals surface area contributed by atoms with Crippen LogP contribution in [-0.2, 0) is 12.8 Å². The van der Waals surface area contributed by atoms with Crippen molar-refractivity contribution >= 4 is 11.6 Å². The van der Waals surface area contributed by atoms with E-state index in [-0.39, 0.29) is 5.91 Å². The van der Waals surface area contributed by atoms with Crippen LogP contribution in [0.1, 0.15) is 46.9 Å². The fourth-order valence-corrected chi connectivity index (χ4v) is 2.38. The second kappa shape index (κ2) is 6.48. The molecule has 0 spiro atoms. The molecule has 0 saturated carbocycles. The summed E-state index contributed by atoms with van der Waals surface area (Å²) < 4.78 is 0. The molecule has 1 heterocycles. The van der Waals surface area contributed by atoms with Crippen molar-refractivity contribution in [2.45, 2.75) is 40.5 Å². The molecule has 1 aromatic carbocycles. The van der Waals surface area contributed by atoms with E-state index < -0.39 is 0 Å². The molecular weight excluding hydrogens is 262 g/mol. The fourth-order valence-electron chi connectivity index (χ4n) is 2.38. The van der Waals surface area contributed by atoms with Crippen LogP contribution in [0.3, 0.4) is 0 Å². The Kier molecular flexibility index (Phi) is 4.68. The lowest BCUT2D eigenvalue weighted by atomic mass is 10.0. The summed E-state index contributed by atoms with van der Waals surface area (Å²) in [5, 5.41) is 2.93. The summed E-state index contributed by atoms with van der Waals surface area (Å²) in [7, 11) is 0. The van der Waals surface area contributed by atoms with E-state index in [1.807, 2.05) is 26.0 Å². The maximum absolute atomic E-state index is 12.3. The largest absolute Gasteiger partial charge is 0.322 e. The Morgan fingerprint density at radius 2 is 1.86 bits per heavy atom. The lowest BCUT2D eigenvalue weighted by Crippen LogP contribution is -2.15. The molecule has 4 nitrogen and oxygen atoms in total. The highest BCUT2D eigenvalue weighted by atomic mass is 16.1. The average Bonchev–Trinajstić information content (AvgIpc) is 2.46. The van der Waals surface area contributed by atoms with Gasteiger partial charge < -0.3 is 5.32 Å². The lowest BCUT2D eigenvalue weighted by Gasteiger charge is -2.11. The van der Waals surface area contributed by atoms with Gasteiger partial charge in [-0.15, -0.1) is 0 Å². The maximum atomic E-state index is 12.3. The first kappa shape index (κ1) is 15.2. The molecular formula is C17H21N3O. The topological polar surface area (TPSA) is 54.9 Å². The molecule has 110 valence electrons. The fraction of sp³-hybridized carbons (Fsp3) is 0.353. The number of amides is 1. The maximum Gasteiger partial charge on any atom is 0.259 e. The number of nitrogens with zero attached hydrogens (tertiary/aromatic N) is 2. The molecule has 0 fully saturated rings. The third kappa shape index (κ3) is 3.45. The van der Waals surface area contributed by atoms with Gasteiger partial charge >= 0.3 is 0 Å². The quantitative estimate of drug-likeness (QED) is 0.934. The average molecular weight is 283 g/mol. The molecule has 0 unspecified atom stereocenters. The van der Waals surface area contributed by atoms with Gasteiger partial charge in [0.25, 0.3) is 5.91 Å². The normalized spacial score (nSPS) is 10.5. The molecule has 2 aromatic rings. The summed E-state index contributed by atoms with van der Waals surface area (Å²) >= 11 is 0. The van der Waals surface area contributed by atoms with Gasteiger partial charge in [-0.1, -0.05) is 19.9 Å². The van der Waals surface area contributed by atoms with Crippen molar-refractivity contribution in [1.29, 1.82) is 0 Å². The summed E-state index contributed by atoms with van der Waals surface area (Å²) in [5.74, 6) is 0.503. The van der Waals surface area contributed by atoms with Crippen molar-refractivity contribution in [1.82, 2.24) is 9.97 Å². The second-order valence-corrected chi connectivity index (χ2v) is 5.06. The van der Waals surface area contributed by atoms with Gasteiger partial charge in [-0.25, -0.2) is 9.97 Å². The number of rotatable bonds is 4. The minimum absolute atomic E-state index is 0.168. The first-order chi connectivity index (χ1) is 10.0. The third-order valence-corrected chi connectivity index (χ3v) is 3.57. The molecule has 2 rings (SSSR count). The van der Waals surface area contributed by atoms with Crippen LogP contribution in [0, 0.1) is 13.8 Å². The van der Waals surface area contributed by atoms with Crippen molar-refractivity contribution in [3.8, 4) is 0 Å². The minimum atomic E-state index is -0.168. The van der Waals surface area contributed by atoms with E-state index in [0.717, 1.165) is 18.5 Å². The monoisotopic (exact) mass is 283 g/mol. The van der Waals surface area contributed by atoms with Gasteiger partial charge in [-0.05, 0) is 49.9 Å². The summed E-state index contributed by atoms with van der Waals surface area (Å²) in [6, 6.07) is 6.06. The molecule has 0 saturated heterocycles. The summed E-state index contributed by atoms with van der Waals surface area (Å²) in [4.78, 5) is 20.6. The summed E-state index contributed by atoms with van der Waals surface area (Å²) in [6.45, 7) is 7.89. The van der Waals surface area contributed by atoms with Crippen LogP contribution in [0.2, 0.25) is 0 Å². The van der Waals surface area contributed by atoms with Crippen LogP contribution in [0.15, 0.2) is 24.4 Å². The Balaban J connectivity index is 2.23. The van der Waals surface area contributed by atoms with Crippen LogP contribution in [0.4, 0.5) is 5.69 Å². The number of hydrogen-bond acceptors (Lipinski definition) is 3. The molecule has 0 atom stereocenters. The zero-order valence-electron chi connectivity index (χ0n) is 13.0. The van der Waals surface area contributed by atoms with E-state index in [2.05, 4.69) is 35.2 Å². The number of anilines is 1. The molecule has 21 heavy (non-hydrogen) atoms. The van der Waals surface area contributed by atoms with Gasteiger partial charge in [-0.2, -0.15) is 0 Å². The number of carbonyl (C=O) groups is 1. The molecule has 1 amide bonds. The number of aryl methyl sites for hydroxylation is 4. The van der Waals surface area contributed by atoms with Gasteiger partial charge in [-0.3, -0.25) is 4.79 Å². The first-order valence-corrected chi connectivity index (χ1v) is 7.28. The Morgan fingerprint density at radius 1 is 1.14 bits per heavy atom. The van der Waals surface area contributed by atoms with Gasteiger partial charge in [0, 0.05) is 11.9 Å². The van der Waals surface area contributed by atoms with E-state index in [1.165, 1.54) is 11.1 Å². The molecule has 0 aliphatic heterocycles. The molecule has 4 heteroatoms. The summed E-state index contributed by atoms with van der Waals surface area (Å²) in [5.41, 5.74) is 4.62.